The lowest BCUT2D eigenvalue weighted by Crippen LogP contribution is -2.15. The second-order valence-corrected chi connectivity index (χ2v) is 4.16. The zero-order valence-electron chi connectivity index (χ0n) is 11.1. The Morgan fingerprint density at radius 2 is 2.32 bits per heavy atom. The molecule has 19 heavy (non-hydrogen) atoms. The molecule has 0 unspecified atom stereocenters. The summed E-state index contributed by atoms with van der Waals surface area (Å²) in [5, 5.41) is 3.22. The Kier molecular flexibility index (Phi) is 4.41. The molecular weight excluding hydrogens is 246 g/mol. The fraction of sp³-hybridized carbons (Fsp3) is 0.357. The summed E-state index contributed by atoms with van der Waals surface area (Å²) in [5.74, 6) is 1.27. The van der Waals surface area contributed by atoms with E-state index in [1.165, 1.54) is 7.11 Å². The number of fused-ring (bicyclic) bond motifs is 1. The monoisotopic (exact) mass is 263 g/mol. The van der Waals surface area contributed by atoms with E-state index >= 15 is 0 Å². The van der Waals surface area contributed by atoms with Gasteiger partial charge in [-0.3, -0.25) is 0 Å². The van der Waals surface area contributed by atoms with Crippen LogP contribution in [0, 0.1) is 0 Å². The SMILES string of the molecule is COC(=O)/C(C)=C/CNCc1cccc2c1OCO2. The predicted octanol–water partition coefficient (Wildman–Crippen LogP) is 1.62. The van der Waals surface area contributed by atoms with Gasteiger partial charge in [0.1, 0.15) is 0 Å². The first-order valence-electron chi connectivity index (χ1n) is 6.05. The van der Waals surface area contributed by atoms with Crippen LogP contribution in [0.5, 0.6) is 11.5 Å². The molecule has 0 fully saturated rings. The number of para-hydroxylation sites is 1. The van der Waals surface area contributed by atoms with Crippen molar-refractivity contribution in [2.75, 3.05) is 20.4 Å². The van der Waals surface area contributed by atoms with Gasteiger partial charge >= 0.3 is 5.97 Å². The molecule has 2 rings (SSSR count). The van der Waals surface area contributed by atoms with Crippen LogP contribution in [0.15, 0.2) is 29.8 Å². The smallest absolute Gasteiger partial charge is 0.333 e. The van der Waals surface area contributed by atoms with Crippen molar-refractivity contribution in [2.45, 2.75) is 13.5 Å². The van der Waals surface area contributed by atoms with E-state index in [9.17, 15) is 4.79 Å². The van der Waals surface area contributed by atoms with Crippen LogP contribution >= 0.6 is 0 Å². The summed E-state index contributed by atoms with van der Waals surface area (Å²) in [6, 6.07) is 5.80. The number of carbonyl (C=O) groups excluding carboxylic acids is 1. The van der Waals surface area contributed by atoms with Gasteiger partial charge in [0.25, 0.3) is 0 Å². The maximum absolute atomic E-state index is 11.2. The Morgan fingerprint density at radius 1 is 1.47 bits per heavy atom. The Labute approximate surface area is 112 Å². The fourth-order valence-corrected chi connectivity index (χ4v) is 1.81. The van der Waals surface area contributed by atoms with E-state index in [-0.39, 0.29) is 12.8 Å². The Hall–Kier alpha value is -2.01. The summed E-state index contributed by atoms with van der Waals surface area (Å²) in [4.78, 5) is 11.2. The molecule has 1 aliphatic rings. The number of hydrogen-bond donors (Lipinski definition) is 1. The Bertz CT molecular complexity index is 496. The van der Waals surface area contributed by atoms with Gasteiger partial charge in [-0.05, 0) is 13.0 Å². The van der Waals surface area contributed by atoms with Crippen molar-refractivity contribution in [3.8, 4) is 11.5 Å². The number of nitrogens with one attached hydrogen (secondary N) is 1. The Morgan fingerprint density at radius 3 is 3.11 bits per heavy atom. The molecule has 0 saturated carbocycles. The highest BCUT2D eigenvalue weighted by Crippen LogP contribution is 2.35. The number of hydrogen-bond acceptors (Lipinski definition) is 5. The van der Waals surface area contributed by atoms with E-state index in [4.69, 9.17) is 9.47 Å². The van der Waals surface area contributed by atoms with E-state index in [2.05, 4.69) is 10.1 Å². The topological polar surface area (TPSA) is 56.8 Å². The molecule has 0 aromatic heterocycles. The first-order valence-corrected chi connectivity index (χ1v) is 6.05. The first-order chi connectivity index (χ1) is 9.22. The lowest BCUT2D eigenvalue weighted by molar-refractivity contribution is -0.136. The number of esters is 1. The van der Waals surface area contributed by atoms with Gasteiger partial charge in [-0.2, -0.15) is 0 Å². The molecule has 0 atom stereocenters. The van der Waals surface area contributed by atoms with Crippen LogP contribution in [-0.2, 0) is 16.1 Å². The first kappa shape index (κ1) is 13.4. The van der Waals surface area contributed by atoms with Crippen LogP contribution in [0.25, 0.3) is 0 Å². The molecule has 5 heteroatoms. The fourth-order valence-electron chi connectivity index (χ4n) is 1.81. The molecule has 0 saturated heterocycles. The normalized spacial score (nSPS) is 13.5. The maximum atomic E-state index is 11.2. The van der Waals surface area contributed by atoms with Gasteiger partial charge in [0, 0.05) is 24.2 Å². The summed E-state index contributed by atoms with van der Waals surface area (Å²) in [5.41, 5.74) is 1.63. The van der Waals surface area contributed by atoms with Crippen LogP contribution < -0.4 is 14.8 Å². The van der Waals surface area contributed by atoms with Crippen molar-refractivity contribution in [1.29, 1.82) is 0 Å². The molecular formula is C14H17NO4. The van der Waals surface area contributed by atoms with Crippen molar-refractivity contribution in [2.24, 2.45) is 0 Å². The number of carbonyl (C=O) groups is 1. The largest absolute Gasteiger partial charge is 0.466 e. The lowest BCUT2D eigenvalue weighted by Gasteiger charge is -2.06. The van der Waals surface area contributed by atoms with Crippen LogP contribution in [0.1, 0.15) is 12.5 Å². The van der Waals surface area contributed by atoms with Crippen LogP contribution in [0.3, 0.4) is 0 Å². The van der Waals surface area contributed by atoms with Gasteiger partial charge < -0.3 is 19.5 Å². The number of benzene rings is 1. The zero-order valence-corrected chi connectivity index (χ0v) is 11.1. The molecule has 0 amide bonds. The maximum Gasteiger partial charge on any atom is 0.333 e. The van der Waals surface area contributed by atoms with Crippen LogP contribution in [0.4, 0.5) is 0 Å². The molecule has 1 heterocycles. The minimum atomic E-state index is -0.306. The highest BCUT2D eigenvalue weighted by atomic mass is 16.7. The van der Waals surface area contributed by atoms with Gasteiger partial charge in [-0.15, -0.1) is 0 Å². The zero-order chi connectivity index (χ0) is 13.7. The standard InChI is InChI=1S/C14H17NO4/c1-10(14(16)17-2)6-7-15-8-11-4-3-5-12-13(11)19-9-18-12/h3-6,15H,7-9H2,1-2H3/b10-6+. The van der Waals surface area contributed by atoms with Crippen LogP contribution in [-0.4, -0.2) is 26.4 Å². The van der Waals surface area contributed by atoms with Crippen LogP contribution in [0.2, 0.25) is 0 Å². The van der Waals surface area contributed by atoms with E-state index in [1.807, 2.05) is 18.2 Å². The van der Waals surface area contributed by atoms with Gasteiger partial charge in [-0.1, -0.05) is 18.2 Å². The average Bonchev–Trinajstić information content (AvgIpc) is 2.91. The molecule has 1 aliphatic heterocycles. The highest BCUT2D eigenvalue weighted by molar-refractivity contribution is 5.87. The molecule has 1 aromatic carbocycles. The number of rotatable bonds is 5. The second kappa shape index (κ2) is 6.24. The average molecular weight is 263 g/mol. The van der Waals surface area contributed by atoms with E-state index < -0.39 is 0 Å². The van der Waals surface area contributed by atoms with Gasteiger partial charge in [0.2, 0.25) is 6.79 Å². The van der Waals surface area contributed by atoms with Gasteiger partial charge in [0.15, 0.2) is 11.5 Å². The van der Waals surface area contributed by atoms with Crippen molar-refractivity contribution in [3.63, 3.8) is 0 Å². The van der Waals surface area contributed by atoms with Gasteiger partial charge in [-0.25, -0.2) is 4.79 Å². The van der Waals surface area contributed by atoms with Crippen molar-refractivity contribution in [1.82, 2.24) is 5.32 Å². The third-order valence-electron chi connectivity index (χ3n) is 2.85. The van der Waals surface area contributed by atoms with Crippen molar-refractivity contribution >= 4 is 5.97 Å². The quantitative estimate of drug-likeness (QED) is 0.497. The number of ether oxygens (including phenoxy) is 3. The molecule has 0 radical (unpaired) electrons. The minimum Gasteiger partial charge on any atom is -0.466 e. The van der Waals surface area contributed by atoms with E-state index in [1.54, 1.807) is 13.0 Å². The summed E-state index contributed by atoms with van der Waals surface area (Å²) in [7, 11) is 1.37. The van der Waals surface area contributed by atoms with E-state index in [0.717, 1.165) is 17.1 Å². The predicted molar refractivity (Wildman–Crippen MR) is 70.0 cm³/mol. The van der Waals surface area contributed by atoms with Crippen molar-refractivity contribution < 1.29 is 19.0 Å². The molecule has 0 aliphatic carbocycles. The van der Waals surface area contributed by atoms with E-state index in [0.29, 0.717) is 18.7 Å². The van der Waals surface area contributed by atoms with Crippen molar-refractivity contribution in [3.05, 3.63) is 35.4 Å². The minimum absolute atomic E-state index is 0.272. The molecule has 102 valence electrons. The third-order valence-corrected chi connectivity index (χ3v) is 2.85. The molecule has 0 spiro atoms. The number of methoxy groups -OCH3 is 1. The van der Waals surface area contributed by atoms with Gasteiger partial charge in [0.05, 0.1) is 7.11 Å². The summed E-state index contributed by atoms with van der Waals surface area (Å²) < 4.78 is 15.3. The second-order valence-electron chi connectivity index (χ2n) is 4.16. The molecule has 5 nitrogen and oxygen atoms in total. The summed E-state index contributed by atoms with van der Waals surface area (Å²) >= 11 is 0. The molecule has 1 N–H and O–H groups in total. The molecule has 0 bridgehead atoms. The summed E-state index contributed by atoms with van der Waals surface area (Å²) in [6.45, 7) is 3.24. The lowest BCUT2D eigenvalue weighted by atomic mass is 10.2. The molecule has 1 aromatic rings. The third kappa shape index (κ3) is 3.26. The Balaban J connectivity index is 1.87. The highest BCUT2D eigenvalue weighted by Gasteiger charge is 2.16. The summed E-state index contributed by atoms with van der Waals surface area (Å²) in [6.07, 6.45) is 1.80.